The summed E-state index contributed by atoms with van der Waals surface area (Å²) in [4.78, 5) is 23.0. The zero-order chi connectivity index (χ0) is 15.4. The lowest BCUT2D eigenvalue weighted by molar-refractivity contribution is 0.0697. The number of amides is 2. The molecule has 1 aromatic rings. The van der Waals surface area contributed by atoms with Crippen LogP contribution in [0, 0.1) is 11.7 Å². The van der Waals surface area contributed by atoms with Crippen molar-refractivity contribution in [1.29, 1.82) is 0 Å². The third-order valence-electron chi connectivity index (χ3n) is 3.60. The first-order chi connectivity index (χ1) is 9.99. The lowest BCUT2D eigenvalue weighted by Crippen LogP contribution is -2.38. The van der Waals surface area contributed by atoms with Crippen molar-refractivity contribution in [1.82, 2.24) is 5.32 Å². The highest BCUT2D eigenvalue weighted by atomic mass is 19.1. The third-order valence-corrected chi connectivity index (χ3v) is 3.60. The lowest BCUT2D eigenvalue weighted by Gasteiger charge is -2.17. The van der Waals surface area contributed by atoms with Gasteiger partial charge in [-0.15, -0.1) is 0 Å². The smallest absolute Gasteiger partial charge is 0.337 e. The minimum Gasteiger partial charge on any atom is -0.478 e. The molecule has 1 aromatic carbocycles. The van der Waals surface area contributed by atoms with E-state index in [-0.39, 0.29) is 17.3 Å². The van der Waals surface area contributed by atoms with Gasteiger partial charge in [0.25, 0.3) is 0 Å². The van der Waals surface area contributed by atoms with Crippen LogP contribution in [0.25, 0.3) is 0 Å². The molecule has 1 unspecified atom stereocenters. The molecule has 1 aliphatic rings. The van der Waals surface area contributed by atoms with Gasteiger partial charge in [0.05, 0.1) is 11.3 Å². The maximum atomic E-state index is 13.1. The number of halogens is 1. The Labute approximate surface area is 122 Å². The van der Waals surface area contributed by atoms with Crippen molar-refractivity contribution in [3.63, 3.8) is 0 Å². The molecular weight excluding hydrogens is 275 g/mol. The fraction of sp³-hybridized carbons (Fsp3) is 0.467. The van der Waals surface area contributed by atoms with E-state index in [0.29, 0.717) is 5.92 Å². The van der Waals surface area contributed by atoms with E-state index >= 15 is 0 Å². The molecule has 0 bridgehead atoms. The second-order valence-electron chi connectivity index (χ2n) is 5.38. The molecule has 1 aliphatic carbocycles. The molecule has 0 aromatic heterocycles. The molecule has 6 heteroatoms. The van der Waals surface area contributed by atoms with Crippen LogP contribution in [0.1, 0.15) is 43.0 Å². The van der Waals surface area contributed by atoms with E-state index in [1.54, 1.807) is 0 Å². The van der Waals surface area contributed by atoms with E-state index in [2.05, 4.69) is 10.6 Å². The minimum absolute atomic E-state index is 0.0752. The molecule has 21 heavy (non-hydrogen) atoms. The van der Waals surface area contributed by atoms with Gasteiger partial charge in [0.1, 0.15) is 5.82 Å². The maximum absolute atomic E-state index is 13.1. The Balaban J connectivity index is 1.99. The highest BCUT2D eigenvalue weighted by molar-refractivity contribution is 6.00. The van der Waals surface area contributed by atoms with Crippen molar-refractivity contribution < 1.29 is 19.1 Å². The van der Waals surface area contributed by atoms with Crippen LogP contribution >= 0.6 is 0 Å². The van der Waals surface area contributed by atoms with Crippen LogP contribution in [0.3, 0.4) is 0 Å². The summed E-state index contributed by atoms with van der Waals surface area (Å²) >= 11 is 0. The summed E-state index contributed by atoms with van der Waals surface area (Å²) in [5.41, 5.74) is -0.178. The first-order valence-corrected chi connectivity index (χ1v) is 7.10. The fourth-order valence-electron chi connectivity index (χ4n) is 2.23. The SMILES string of the molecule is CCC(CC1CC1)NC(=O)Nc1ccc(F)cc1C(=O)O. The van der Waals surface area contributed by atoms with Crippen molar-refractivity contribution in [3.8, 4) is 0 Å². The van der Waals surface area contributed by atoms with Crippen LogP contribution in [0.2, 0.25) is 0 Å². The lowest BCUT2D eigenvalue weighted by atomic mass is 10.1. The van der Waals surface area contributed by atoms with Crippen molar-refractivity contribution in [2.24, 2.45) is 5.92 Å². The zero-order valence-corrected chi connectivity index (χ0v) is 11.9. The monoisotopic (exact) mass is 294 g/mol. The predicted molar refractivity (Wildman–Crippen MR) is 76.9 cm³/mol. The summed E-state index contributed by atoms with van der Waals surface area (Å²) in [5.74, 6) is -1.25. The van der Waals surface area contributed by atoms with E-state index in [9.17, 15) is 14.0 Å². The standard InChI is InChI=1S/C15H19FN2O3/c1-2-11(7-9-3-4-9)17-15(21)18-13-6-5-10(16)8-12(13)14(19)20/h5-6,8-9,11H,2-4,7H2,1H3,(H,19,20)(H2,17,18,21). The number of nitrogens with one attached hydrogen (secondary N) is 2. The van der Waals surface area contributed by atoms with Gasteiger partial charge in [0, 0.05) is 6.04 Å². The molecule has 0 radical (unpaired) electrons. The first kappa shape index (κ1) is 15.3. The summed E-state index contributed by atoms with van der Waals surface area (Å²) in [5, 5.41) is 14.3. The number of carbonyl (C=O) groups excluding carboxylic acids is 1. The number of hydrogen-bond acceptors (Lipinski definition) is 2. The van der Waals surface area contributed by atoms with E-state index in [4.69, 9.17) is 5.11 Å². The number of hydrogen-bond donors (Lipinski definition) is 3. The molecule has 0 aliphatic heterocycles. The second-order valence-corrected chi connectivity index (χ2v) is 5.38. The van der Waals surface area contributed by atoms with Crippen LogP contribution < -0.4 is 10.6 Å². The highest BCUT2D eigenvalue weighted by Crippen LogP contribution is 2.34. The van der Waals surface area contributed by atoms with Crippen LogP contribution in [-0.4, -0.2) is 23.1 Å². The molecule has 1 atom stereocenters. The summed E-state index contributed by atoms with van der Waals surface area (Å²) in [6, 6.07) is 2.87. The molecule has 0 saturated heterocycles. The van der Waals surface area contributed by atoms with E-state index in [1.807, 2.05) is 6.92 Å². The maximum Gasteiger partial charge on any atom is 0.337 e. The van der Waals surface area contributed by atoms with Crippen LogP contribution in [0.4, 0.5) is 14.9 Å². The van der Waals surface area contributed by atoms with Gasteiger partial charge in [-0.25, -0.2) is 14.0 Å². The predicted octanol–water partition coefficient (Wildman–Crippen LogP) is 3.22. The van der Waals surface area contributed by atoms with Crippen molar-refractivity contribution in [2.45, 2.75) is 38.6 Å². The molecular formula is C15H19FN2O3. The van der Waals surface area contributed by atoms with E-state index < -0.39 is 17.8 Å². The van der Waals surface area contributed by atoms with Gasteiger partial charge in [0.2, 0.25) is 0 Å². The van der Waals surface area contributed by atoms with Crippen molar-refractivity contribution >= 4 is 17.7 Å². The second kappa shape index (κ2) is 6.56. The highest BCUT2D eigenvalue weighted by Gasteiger charge is 2.25. The van der Waals surface area contributed by atoms with E-state index in [0.717, 1.165) is 25.0 Å². The molecule has 2 rings (SSSR count). The number of aromatic carboxylic acids is 1. The number of urea groups is 1. The van der Waals surface area contributed by atoms with E-state index in [1.165, 1.54) is 18.9 Å². The van der Waals surface area contributed by atoms with Gasteiger partial charge in [0.15, 0.2) is 0 Å². The van der Waals surface area contributed by atoms with Gasteiger partial charge in [-0.1, -0.05) is 19.8 Å². The number of carboxylic acid groups (broad SMARTS) is 1. The Morgan fingerprint density at radius 1 is 1.43 bits per heavy atom. The van der Waals surface area contributed by atoms with Gasteiger partial charge >= 0.3 is 12.0 Å². The summed E-state index contributed by atoms with van der Waals surface area (Å²) < 4.78 is 13.1. The number of anilines is 1. The number of benzene rings is 1. The minimum atomic E-state index is -1.28. The Kier molecular flexibility index (Phi) is 4.77. The largest absolute Gasteiger partial charge is 0.478 e. The van der Waals surface area contributed by atoms with Gasteiger partial charge < -0.3 is 15.7 Å². The zero-order valence-electron chi connectivity index (χ0n) is 11.9. The van der Waals surface area contributed by atoms with Crippen molar-refractivity contribution in [2.75, 3.05) is 5.32 Å². The summed E-state index contributed by atoms with van der Waals surface area (Å²) in [7, 11) is 0. The summed E-state index contributed by atoms with van der Waals surface area (Å²) in [6.45, 7) is 1.99. The molecule has 0 spiro atoms. The topological polar surface area (TPSA) is 78.4 Å². The van der Waals surface area contributed by atoms with Crippen LogP contribution in [-0.2, 0) is 0 Å². The molecule has 1 fully saturated rings. The molecule has 0 heterocycles. The Morgan fingerprint density at radius 3 is 2.71 bits per heavy atom. The first-order valence-electron chi connectivity index (χ1n) is 7.10. The molecule has 5 nitrogen and oxygen atoms in total. The fourth-order valence-corrected chi connectivity index (χ4v) is 2.23. The van der Waals surface area contributed by atoms with Gasteiger partial charge in [-0.3, -0.25) is 0 Å². The van der Waals surface area contributed by atoms with Crippen molar-refractivity contribution in [3.05, 3.63) is 29.6 Å². The molecule has 114 valence electrons. The molecule has 1 saturated carbocycles. The number of carboxylic acids is 1. The average molecular weight is 294 g/mol. The molecule has 2 amide bonds. The Hall–Kier alpha value is -2.11. The average Bonchev–Trinajstić information content (AvgIpc) is 3.23. The number of rotatable bonds is 6. The third kappa shape index (κ3) is 4.44. The molecule has 3 N–H and O–H groups in total. The van der Waals surface area contributed by atoms with Crippen LogP contribution in [0.15, 0.2) is 18.2 Å². The van der Waals surface area contributed by atoms with Gasteiger partial charge in [-0.05, 0) is 37.0 Å². The quantitative estimate of drug-likeness (QED) is 0.753. The Bertz CT molecular complexity index is 544. The number of carbonyl (C=O) groups is 2. The van der Waals surface area contributed by atoms with Gasteiger partial charge in [-0.2, -0.15) is 0 Å². The van der Waals surface area contributed by atoms with Crippen LogP contribution in [0.5, 0.6) is 0 Å². The normalized spacial score (nSPS) is 15.3. The Morgan fingerprint density at radius 2 is 2.14 bits per heavy atom. The summed E-state index contributed by atoms with van der Waals surface area (Å²) in [6.07, 6.45) is 4.18.